The van der Waals surface area contributed by atoms with Crippen LogP contribution < -0.4 is 4.48 Å². The third kappa shape index (κ3) is 1.35. The van der Waals surface area contributed by atoms with E-state index in [2.05, 4.69) is 4.99 Å². The van der Waals surface area contributed by atoms with E-state index >= 15 is 0 Å². The van der Waals surface area contributed by atoms with Crippen LogP contribution in [0.1, 0.15) is 0 Å². The Hall–Kier alpha value is -0.570. The second kappa shape index (κ2) is 2.71. The van der Waals surface area contributed by atoms with Gasteiger partial charge in [-0.1, -0.05) is 23.2 Å². The third-order valence-electron chi connectivity index (χ3n) is 2.12. The summed E-state index contributed by atoms with van der Waals surface area (Å²) >= 11 is 11.8. The first kappa shape index (κ1) is 9.00. The van der Waals surface area contributed by atoms with Crippen LogP contribution in [0.5, 0.6) is 0 Å². The number of hydrogen-bond donors (Lipinski definition) is 0. The molecule has 0 atom stereocenters. The number of benzene rings is 1. The molecule has 1 aromatic carbocycles. The van der Waals surface area contributed by atoms with Crippen molar-refractivity contribution in [3.05, 3.63) is 22.2 Å². The Bertz CT molecular complexity index is 397. The van der Waals surface area contributed by atoms with Crippen molar-refractivity contribution in [2.75, 3.05) is 14.1 Å². The average molecular weight is 216 g/mol. The zero-order valence-electron chi connectivity index (χ0n) is 7.38. The topological polar surface area (TPSA) is 12.4 Å². The van der Waals surface area contributed by atoms with Crippen molar-refractivity contribution in [2.24, 2.45) is 4.99 Å². The van der Waals surface area contributed by atoms with E-state index in [1.54, 1.807) is 6.07 Å². The largest absolute Gasteiger partial charge is 0.252 e. The monoisotopic (exact) mass is 215 g/mol. The summed E-state index contributed by atoms with van der Waals surface area (Å²) in [7, 11) is 4.08. The number of halogens is 2. The van der Waals surface area contributed by atoms with E-state index in [0.717, 1.165) is 11.4 Å². The molecule has 0 bridgehead atoms. The number of quaternary nitrogens is 1. The molecule has 0 spiro atoms. The highest BCUT2D eigenvalue weighted by Crippen LogP contribution is 2.40. The first-order chi connectivity index (χ1) is 6.00. The van der Waals surface area contributed by atoms with Crippen LogP contribution >= 0.6 is 23.2 Å². The Morgan fingerprint density at radius 2 is 1.77 bits per heavy atom. The smallest absolute Gasteiger partial charge is 0.195 e. The van der Waals surface area contributed by atoms with Gasteiger partial charge in [-0.15, -0.1) is 0 Å². The van der Waals surface area contributed by atoms with Gasteiger partial charge in [0.15, 0.2) is 12.0 Å². The predicted molar refractivity (Wildman–Crippen MR) is 58.3 cm³/mol. The quantitative estimate of drug-likeness (QED) is 0.590. The molecular formula is C9H9Cl2N2+. The molecule has 1 aliphatic rings. The van der Waals surface area contributed by atoms with Gasteiger partial charge in [0.25, 0.3) is 0 Å². The molecule has 0 N–H and O–H groups in total. The van der Waals surface area contributed by atoms with Crippen molar-refractivity contribution in [2.45, 2.75) is 0 Å². The fourth-order valence-corrected chi connectivity index (χ4v) is 1.68. The lowest BCUT2D eigenvalue weighted by molar-refractivity contribution is 0.625. The van der Waals surface area contributed by atoms with Crippen LogP contribution in [-0.2, 0) is 0 Å². The Labute approximate surface area is 87.0 Å². The van der Waals surface area contributed by atoms with E-state index in [4.69, 9.17) is 23.2 Å². The van der Waals surface area contributed by atoms with E-state index < -0.39 is 0 Å². The van der Waals surface area contributed by atoms with Crippen molar-refractivity contribution in [3.63, 3.8) is 0 Å². The van der Waals surface area contributed by atoms with Crippen molar-refractivity contribution in [3.8, 4) is 0 Å². The lowest BCUT2D eigenvalue weighted by Crippen LogP contribution is -2.36. The second-order valence-electron chi connectivity index (χ2n) is 3.54. The normalized spacial score (nSPS) is 17.5. The molecule has 13 heavy (non-hydrogen) atoms. The summed E-state index contributed by atoms with van der Waals surface area (Å²) in [5.41, 5.74) is 1.98. The lowest BCUT2D eigenvalue weighted by Gasteiger charge is -2.19. The Kier molecular flexibility index (Phi) is 1.88. The van der Waals surface area contributed by atoms with E-state index in [9.17, 15) is 0 Å². The van der Waals surface area contributed by atoms with E-state index in [1.165, 1.54) is 0 Å². The molecule has 1 aliphatic heterocycles. The maximum absolute atomic E-state index is 5.92. The number of hydrogen-bond acceptors (Lipinski definition) is 1. The number of aliphatic imine (C=N–C) groups is 1. The van der Waals surface area contributed by atoms with Gasteiger partial charge in [0.05, 0.1) is 24.1 Å². The Morgan fingerprint density at radius 3 is 2.46 bits per heavy atom. The highest BCUT2D eigenvalue weighted by Gasteiger charge is 2.27. The molecule has 0 saturated heterocycles. The Morgan fingerprint density at radius 1 is 1.15 bits per heavy atom. The molecule has 0 amide bonds. The minimum absolute atomic E-state index is 0.555. The van der Waals surface area contributed by atoms with Crippen LogP contribution in [0.4, 0.5) is 11.4 Å². The first-order valence-electron chi connectivity index (χ1n) is 3.89. The van der Waals surface area contributed by atoms with Gasteiger partial charge >= 0.3 is 0 Å². The number of fused-ring (bicyclic) bond motifs is 1. The van der Waals surface area contributed by atoms with Crippen LogP contribution in [0.25, 0.3) is 0 Å². The average Bonchev–Trinajstić information content (AvgIpc) is 2.31. The van der Waals surface area contributed by atoms with Crippen molar-refractivity contribution < 1.29 is 0 Å². The summed E-state index contributed by atoms with van der Waals surface area (Å²) in [4.78, 5) is 4.26. The van der Waals surface area contributed by atoms with E-state index in [-0.39, 0.29) is 0 Å². The molecule has 0 aliphatic carbocycles. The Balaban J connectivity index is 2.66. The summed E-state index contributed by atoms with van der Waals surface area (Å²) in [5, 5.41) is 1.14. The van der Waals surface area contributed by atoms with Gasteiger partial charge in [-0.25, -0.2) is 0 Å². The summed E-state index contributed by atoms with van der Waals surface area (Å²) < 4.78 is 0.617. The SMILES string of the molecule is C[N+]1(C)C=Nc2cc(Cl)c(Cl)cc21. The molecule has 2 rings (SSSR count). The molecule has 1 aromatic rings. The predicted octanol–water partition coefficient (Wildman–Crippen LogP) is 3.23. The highest BCUT2D eigenvalue weighted by molar-refractivity contribution is 6.42. The van der Waals surface area contributed by atoms with Crippen LogP contribution in [0.3, 0.4) is 0 Å². The van der Waals surface area contributed by atoms with Crippen LogP contribution in [0, 0.1) is 0 Å². The van der Waals surface area contributed by atoms with Crippen molar-refractivity contribution in [1.29, 1.82) is 0 Å². The molecule has 4 heteroatoms. The maximum Gasteiger partial charge on any atom is 0.195 e. The maximum atomic E-state index is 5.92. The van der Waals surface area contributed by atoms with Crippen molar-refractivity contribution in [1.82, 2.24) is 4.48 Å². The molecular weight excluding hydrogens is 207 g/mol. The lowest BCUT2D eigenvalue weighted by atomic mass is 10.2. The zero-order valence-corrected chi connectivity index (χ0v) is 8.89. The van der Waals surface area contributed by atoms with Gasteiger partial charge in [0.2, 0.25) is 0 Å². The molecule has 0 aromatic heterocycles. The fraction of sp³-hybridized carbons (Fsp3) is 0.222. The zero-order chi connectivity index (χ0) is 9.64. The summed E-state index contributed by atoms with van der Waals surface area (Å²) in [6.07, 6.45) is 1.86. The van der Waals surface area contributed by atoms with Gasteiger partial charge in [-0.05, 0) is 6.07 Å². The summed E-state index contributed by atoms with van der Waals surface area (Å²) in [5.74, 6) is 0. The van der Waals surface area contributed by atoms with Crippen LogP contribution in [-0.4, -0.2) is 20.4 Å². The van der Waals surface area contributed by atoms with Gasteiger partial charge < -0.3 is 0 Å². The molecule has 0 saturated carbocycles. The minimum atomic E-state index is 0.555. The van der Waals surface area contributed by atoms with Gasteiger partial charge in [0, 0.05) is 6.07 Å². The summed E-state index contributed by atoms with van der Waals surface area (Å²) in [6.45, 7) is 0. The standard InChI is InChI=1S/C9H9Cl2N2/c1-13(2)5-12-8-3-6(10)7(11)4-9(8)13/h3-5H,1-2H3/q+1. The van der Waals surface area contributed by atoms with E-state index in [0.29, 0.717) is 14.5 Å². The molecule has 2 nitrogen and oxygen atoms in total. The summed E-state index contributed by atoms with van der Waals surface area (Å²) in [6, 6.07) is 3.66. The number of nitrogens with zero attached hydrogens (tertiary/aromatic N) is 2. The minimum Gasteiger partial charge on any atom is -0.252 e. The number of rotatable bonds is 0. The van der Waals surface area contributed by atoms with Gasteiger partial charge in [-0.2, -0.15) is 4.99 Å². The van der Waals surface area contributed by atoms with Gasteiger partial charge in [0.1, 0.15) is 5.69 Å². The van der Waals surface area contributed by atoms with Crippen LogP contribution in [0.2, 0.25) is 10.0 Å². The first-order valence-corrected chi connectivity index (χ1v) is 4.65. The van der Waals surface area contributed by atoms with E-state index in [1.807, 2.05) is 26.5 Å². The molecule has 68 valence electrons. The molecule has 0 fully saturated rings. The van der Waals surface area contributed by atoms with Gasteiger partial charge in [-0.3, -0.25) is 4.48 Å². The van der Waals surface area contributed by atoms with Crippen LogP contribution in [0.15, 0.2) is 17.1 Å². The molecule has 0 unspecified atom stereocenters. The molecule has 1 heterocycles. The fourth-order valence-electron chi connectivity index (χ4n) is 1.36. The highest BCUT2D eigenvalue weighted by atomic mass is 35.5. The third-order valence-corrected chi connectivity index (χ3v) is 2.85. The molecule has 0 radical (unpaired) electrons. The van der Waals surface area contributed by atoms with Crippen molar-refractivity contribution >= 4 is 40.9 Å². The second-order valence-corrected chi connectivity index (χ2v) is 4.35.